The average molecular weight is 417 g/mol. The summed E-state index contributed by atoms with van der Waals surface area (Å²) in [6.45, 7) is 12.4. The molecule has 1 amide bonds. The third-order valence-corrected chi connectivity index (χ3v) is 5.34. The maximum absolute atomic E-state index is 12.5. The lowest BCUT2D eigenvalue weighted by Gasteiger charge is -2.34. The SMILES string of the molecule is CCNC(=NCc1ccc(C(=O)N(CC)CC)cc1)N1CCCC(C(=O)OCC)C1. The van der Waals surface area contributed by atoms with Crippen molar-refractivity contribution in [2.45, 2.75) is 47.1 Å². The zero-order chi connectivity index (χ0) is 21.9. The van der Waals surface area contributed by atoms with Gasteiger partial charge in [-0.05, 0) is 58.2 Å². The molecule has 0 aromatic heterocycles. The van der Waals surface area contributed by atoms with E-state index in [0.29, 0.717) is 38.3 Å². The highest BCUT2D eigenvalue weighted by atomic mass is 16.5. The summed E-state index contributed by atoms with van der Waals surface area (Å²) in [6, 6.07) is 7.66. The number of carbonyl (C=O) groups is 2. The number of nitrogens with zero attached hydrogens (tertiary/aromatic N) is 3. The van der Waals surface area contributed by atoms with Crippen LogP contribution in [0, 0.1) is 5.92 Å². The van der Waals surface area contributed by atoms with Gasteiger partial charge in [0.05, 0.1) is 19.1 Å². The number of benzene rings is 1. The predicted molar refractivity (Wildman–Crippen MR) is 119 cm³/mol. The maximum Gasteiger partial charge on any atom is 0.310 e. The molecule has 0 spiro atoms. The first-order valence-electron chi connectivity index (χ1n) is 11.1. The van der Waals surface area contributed by atoms with Crippen molar-refractivity contribution in [1.29, 1.82) is 0 Å². The van der Waals surface area contributed by atoms with Crippen molar-refractivity contribution in [3.05, 3.63) is 35.4 Å². The predicted octanol–water partition coefficient (Wildman–Crippen LogP) is 2.91. The Balaban J connectivity index is 2.05. The van der Waals surface area contributed by atoms with E-state index in [0.717, 1.165) is 37.5 Å². The van der Waals surface area contributed by atoms with Crippen LogP contribution in [0.5, 0.6) is 0 Å². The molecule has 0 saturated carbocycles. The quantitative estimate of drug-likeness (QED) is 0.401. The van der Waals surface area contributed by atoms with Crippen LogP contribution in [-0.4, -0.2) is 67.0 Å². The number of ether oxygens (including phenoxy) is 1. The fraction of sp³-hybridized carbons (Fsp3) is 0.609. The molecule has 7 nitrogen and oxygen atoms in total. The molecule has 0 bridgehead atoms. The van der Waals surface area contributed by atoms with Gasteiger partial charge in [-0.2, -0.15) is 0 Å². The largest absolute Gasteiger partial charge is 0.466 e. The van der Waals surface area contributed by atoms with Crippen LogP contribution in [0.15, 0.2) is 29.3 Å². The van der Waals surface area contributed by atoms with Crippen molar-refractivity contribution in [3.63, 3.8) is 0 Å². The fourth-order valence-electron chi connectivity index (χ4n) is 3.66. The van der Waals surface area contributed by atoms with E-state index in [1.54, 1.807) is 0 Å². The van der Waals surface area contributed by atoms with Crippen LogP contribution in [-0.2, 0) is 16.1 Å². The summed E-state index contributed by atoms with van der Waals surface area (Å²) in [5.41, 5.74) is 1.74. The number of esters is 1. The van der Waals surface area contributed by atoms with Crippen molar-refractivity contribution in [3.8, 4) is 0 Å². The van der Waals surface area contributed by atoms with Crippen LogP contribution in [0.3, 0.4) is 0 Å². The van der Waals surface area contributed by atoms with Gasteiger partial charge in [-0.1, -0.05) is 12.1 Å². The van der Waals surface area contributed by atoms with E-state index in [1.807, 2.05) is 56.9 Å². The molecule has 1 aliphatic rings. The Morgan fingerprint density at radius 3 is 2.47 bits per heavy atom. The van der Waals surface area contributed by atoms with Crippen LogP contribution in [0.25, 0.3) is 0 Å². The smallest absolute Gasteiger partial charge is 0.310 e. The lowest BCUT2D eigenvalue weighted by atomic mass is 9.98. The van der Waals surface area contributed by atoms with Gasteiger partial charge in [-0.25, -0.2) is 4.99 Å². The summed E-state index contributed by atoms with van der Waals surface area (Å²) in [7, 11) is 0. The van der Waals surface area contributed by atoms with Gasteiger partial charge in [0.15, 0.2) is 5.96 Å². The van der Waals surface area contributed by atoms with E-state index >= 15 is 0 Å². The molecule has 1 atom stereocenters. The molecule has 166 valence electrons. The van der Waals surface area contributed by atoms with Gasteiger partial charge in [-0.15, -0.1) is 0 Å². The summed E-state index contributed by atoms with van der Waals surface area (Å²) in [5.74, 6) is 0.649. The highest BCUT2D eigenvalue weighted by Gasteiger charge is 2.28. The third-order valence-electron chi connectivity index (χ3n) is 5.34. The fourth-order valence-corrected chi connectivity index (χ4v) is 3.66. The van der Waals surface area contributed by atoms with E-state index in [4.69, 9.17) is 9.73 Å². The standard InChI is InChI=1S/C23H36N4O3/c1-5-24-23(27-15-9-10-20(17-27)22(29)30-8-4)25-16-18-11-13-19(14-12-18)21(28)26(6-2)7-3/h11-14,20H,5-10,15-17H2,1-4H3,(H,24,25). The lowest BCUT2D eigenvalue weighted by molar-refractivity contribution is -0.149. The Bertz CT molecular complexity index is 714. The Kier molecular flexibility index (Phi) is 9.64. The number of amides is 1. The molecule has 0 aliphatic carbocycles. The second-order valence-electron chi connectivity index (χ2n) is 7.38. The van der Waals surface area contributed by atoms with Crippen LogP contribution < -0.4 is 5.32 Å². The number of carbonyl (C=O) groups excluding carboxylic acids is 2. The van der Waals surface area contributed by atoms with Gasteiger partial charge < -0.3 is 19.9 Å². The van der Waals surface area contributed by atoms with E-state index in [2.05, 4.69) is 10.2 Å². The molecule has 30 heavy (non-hydrogen) atoms. The normalized spacial score (nSPS) is 16.9. The molecule has 1 fully saturated rings. The first-order chi connectivity index (χ1) is 14.5. The first kappa shape index (κ1) is 23.7. The van der Waals surface area contributed by atoms with Crippen LogP contribution in [0.2, 0.25) is 0 Å². The van der Waals surface area contributed by atoms with Gasteiger partial charge in [0.2, 0.25) is 0 Å². The summed E-state index contributed by atoms with van der Waals surface area (Å²) < 4.78 is 5.21. The minimum absolute atomic E-state index is 0.0571. The van der Waals surface area contributed by atoms with Gasteiger partial charge in [0, 0.05) is 38.3 Å². The summed E-state index contributed by atoms with van der Waals surface area (Å²) in [6.07, 6.45) is 1.80. The van der Waals surface area contributed by atoms with Crippen LogP contribution >= 0.6 is 0 Å². The molecule has 1 saturated heterocycles. The van der Waals surface area contributed by atoms with E-state index in [1.165, 1.54) is 0 Å². The Morgan fingerprint density at radius 2 is 1.87 bits per heavy atom. The molecule has 1 aromatic rings. The zero-order valence-corrected chi connectivity index (χ0v) is 18.8. The number of nitrogens with one attached hydrogen (secondary N) is 1. The Morgan fingerprint density at radius 1 is 1.17 bits per heavy atom. The van der Waals surface area contributed by atoms with Crippen LogP contribution in [0.1, 0.15) is 56.5 Å². The van der Waals surface area contributed by atoms with E-state index < -0.39 is 0 Å². The molecule has 7 heteroatoms. The molecule has 0 radical (unpaired) electrons. The number of hydrogen-bond acceptors (Lipinski definition) is 4. The van der Waals surface area contributed by atoms with Crippen molar-refractivity contribution < 1.29 is 14.3 Å². The number of piperidine rings is 1. The van der Waals surface area contributed by atoms with E-state index in [-0.39, 0.29) is 17.8 Å². The van der Waals surface area contributed by atoms with Crippen molar-refractivity contribution in [2.24, 2.45) is 10.9 Å². The lowest BCUT2D eigenvalue weighted by Crippen LogP contribution is -2.48. The number of aliphatic imine (C=N–C) groups is 1. The number of likely N-dealkylation sites (tertiary alicyclic amines) is 1. The maximum atomic E-state index is 12.5. The molecule has 1 heterocycles. The second kappa shape index (κ2) is 12.2. The first-order valence-corrected chi connectivity index (χ1v) is 11.1. The Labute approximate surface area is 180 Å². The minimum Gasteiger partial charge on any atom is -0.466 e. The highest BCUT2D eigenvalue weighted by molar-refractivity contribution is 5.94. The topological polar surface area (TPSA) is 74.2 Å². The van der Waals surface area contributed by atoms with Gasteiger partial charge in [-0.3, -0.25) is 9.59 Å². The second-order valence-corrected chi connectivity index (χ2v) is 7.38. The number of rotatable bonds is 8. The monoisotopic (exact) mass is 416 g/mol. The molecule has 1 aliphatic heterocycles. The average Bonchev–Trinajstić information content (AvgIpc) is 2.78. The number of hydrogen-bond donors (Lipinski definition) is 1. The highest BCUT2D eigenvalue weighted by Crippen LogP contribution is 2.18. The van der Waals surface area contributed by atoms with Crippen molar-refractivity contribution in [1.82, 2.24) is 15.1 Å². The molecule has 1 unspecified atom stereocenters. The number of guanidine groups is 1. The molecule has 1 aromatic carbocycles. The van der Waals surface area contributed by atoms with Crippen molar-refractivity contribution in [2.75, 3.05) is 39.3 Å². The van der Waals surface area contributed by atoms with Gasteiger partial charge in [0.25, 0.3) is 5.91 Å². The van der Waals surface area contributed by atoms with Gasteiger partial charge in [0.1, 0.15) is 0 Å². The molecule has 1 N–H and O–H groups in total. The summed E-state index contributed by atoms with van der Waals surface area (Å²) >= 11 is 0. The summed E-state index contributed by atoms with van der Waals surface area (Å²) in [4.78, 5) is 33.3. The third kappa shape index (κ3) is 6.47. The minimum atomic E-state index is -0.119. The van der Waals surface area contributed by atoms with Gasteiger partial charge >= 0.3 is 5.97 Å². The van der Waals surface area contributed by atoms with E-state index in [9.17, 15) is 9.59 Å². The molecule has 2 rings (SSSR count). The van der Waals surface area contributed by atoms with Crippen molar-refractivity contribution >= 4 is 17.8 Å². The Hall–Kier alpha value is -2.57. The molecular formula is C23H36N4O3. The molecular weight excluding hydrogens is 380 g/mol. The zero-order valence-electron chi connectivity index (χ0n) is 18.8. The summed E-state index contributed by atoms with van der Waals surface area (Å²) in [5, 5.41) is 3.34. The van der Waals surface area contributed by atoms with Crippen LogP contribution in [0.4, 0.5) is 0 Å².